The van der Waals surface area contributed by atoms with Crippen LogP contribution in [0.2, 0.25) is 0 Å². The molecule has 1 amide bonds. The smallest absolute Gasteiger partial charge is 0.339 e. The largest absolute Gasteiger partial charge is 0.449 e. The number of sulfone groups is 1. The molecule has 35 heavy (non-hydrogen) atoms. The number of benzene rings is 3. The second-order valence-electron chi connectivity index (χ2n) is 9.86. The van der Waals surface area contributed by atoms with Gasteiger partial charge in [-0.15, -0.1) is 0 Å². The van der Waals surface area contributed by atoms with Crippen LogP contribution < -0.4 is 0 Å². The van der Waals surface area contributed by atoms with Crippen molar-refractivity contribution < 1.29 is 22.7 Å². The molecular formula is C28H25NO5S. The van der Waals surface area contributed by atoms with E-state index in [1.54, 1.807) is 30.3 Å². The summed E-state index contributed by atoms with van der Waals surface area (Å²) in [5, 5.41) is 0. The average Bonchev–Trinajstić information content (AvgIpc) is 3.49. The van der Waals surface area contributed by atoms with Crippen LogP contribution in [0.15, 0.2) is 77.7 Å². The van der Waals surface area contributed by atoms with Gasteiger partial charge in [-0.1, -0.05) is 54.6 Å². The average molecular weight is 488 g/mol. The molecule has 6 nitrogen and oxygen atoms in total. The molecule has 2 heterocycles. The molecule has 178 valence electrons. The van der Waals surface area contributed by atoms with Gasteiger partial charge in [0.05, 0.1) is 22.4 Å². The van der Waals surface area contributed by atoms with Crippen molar-refractivity contribution in [3.63, 3.8) is 0 Å². The maximum atomic E-state index is 13.7. The molecule has 0 bridgehead atoms. The molecule has 6 rings (SSSR count). The number of rotatable bonds is 4. The first-order valence-corrected chi connectivity index (χ1v) is 13.6. The molecule has 1 saturated carbocycles. The Kier molecular flexibility index (Phi) is 4.74. The van der Waals surface area contributed by atoms with E-state index >= 15 is 0 Å². The van der Waals surface area contributed by atoms with Crippen LogP contribution in [0.4, 0.5) is 0 Å². The van der Waals surface area contributed by atoms with Crippen molar-refractivity contribution in [2.24, 2.45) is 0 Å². The minimum Gasteiger partial charge on any atom is -0.449 e. The minimum absolute atomic E-state index is 0.0973. The van der Waals surface area contributed by atoms with E-state index in [4.69, 9.17) is 4.74 Å². The van der Waals surface area contributed by atoms with Gasteiger partial charge in [0, 0.05) is 24.8 Å². The molecule has 7 heteroatoms. The Balaban J connectivity index is 1.22. The van der Waals surface area contributed by atoms with Crippen LogP contribution in [0.1, 0.15) is 40.7 Å². The summed E-state index contributed by atoms with van der Waals surface area (Å²) in [7, 11) is -3.23. The van der Waals surface area contributed by atoms with E-state index in [9.17, 15) is 18.0 Å². The van der Waals surface area contributed by atoms with E-state index in [1.807, 2.05) is 47.4 Å². The maximum absolute atomic E-state index is 13.7. The van der Waals surface area contributed by atoms with Crippen molar-refractivity contribution in [1.82, 2.24) is 4.90 Å². The third kappa shape index (κ3) is 3.48. The van der Waals surface area contributed by atoms with Crippen molar-refractivity contribution in [2.75, 3.05) is 19.3 Å². The second-order valence-corrected chi connectivity index (χ2v) is 11.9. The quantitative estimate of drug-likeness (QED) is 0.518. The molecular weight excluding hydrogens is 462 g/mol. The minimum atomic E-state index is -3.23. The normalized spacial score (nSPS) is 22.2. The number of hydrogen-bond donors (Lipinski definition) is 0. The van der Waals surface area contributed by atoms with E-state index < -0.39 is 20.9 Å². The van der Waals surface area contributed by atoms with Crippen LogP contribution in [-0.4, -0.2) is 44.5 Å². The van der Waals surface area contributed by atoms with Gasteiger partial charge in [-0.05, 0) is 47.7 Å². The fraction of sp³-hybridized carbons (Fsp3) is 0.286. The monoisotopic (exact) mass is 487 g/mol. The molecule has 2 fully saturated rings. The van der Waals surface area contributed by atoms with Crippen LogP contribution in [0.25, 0.3) is 11.1 Å². The van der Waals surface area contributed by atoms with Gasteiger partial charge in [-0.2, -0.15) is 0 Å². The number of hydrogen-bond acceptors (Lipinski definition) is 5. The lowest BCUT2D eigenvalue weighted by Gasteiger charge is -2.27. The molecule has 1 saturated heterocycles. The molecule has 3 aliphatic rings. The zero-order valence-electron chi connectivity index (χ0n) is 19.4. The summed E-state index contributed by atoms with van der Waals surface area (Å²) >= 11 is 0. The number of carbonyl (C=O) groups excluding carboxylic acids is 2. The van der Waals surface area contributed by atoms with Crippen LogP contribution in [0.3, 0.4) is 0 Å². The van der Waals surface area contributed by atoms with Crippen LogP contribution >= 0.6 is 0 Å². The van der Waals surface area contributed by atoms with Crippen molar-refractivity contribution in [1.29, 1.82) is 0 Å². The first-order chi connectivity index (χ1) is 16.7. The van der Waals surface area contributed by atoms with Crippen LogP contribution in [0.5, 0.6) is 0 Å². The third-order valence-corrected chi connectivity index (χ3v) is 8.79. The second kappa shape index (κ2) is 7.52. The first kappa shape index (κ1) is 22.0. The number of amides is 1. The number of fused-ring (bicyclic) bond motifs is 2. The Bertz CT molecular complexity index is 1460. The predicted molar refractivity (Wildman–Crippen MR) is 131 cm³/mol. The molecule has 0 radical (unpaired) electrons. The summed E-state index contributed by atoms with van der Waals surface area (Å²) < 4.78 is 29.3. The highest BCUT2D eigenvalue weighted by molar-refractivity contribution is 7.90. The summed E-state index contributed by atoms with van der Waals surface area (Å²) in [5.41, 5.74) is 3.10. The van der Waals surface area contributed by atoms with Crippen molar-refractivity contribution in [2.45, 2.75) is 35.2 Å². The molecule has 0 unspecified atom stereocenters. The standard InChI is InChI=1S/C28H25NO5S/c1-35(32,33)22-12-8-20(9-13-22)19-6-10-21(11-7-19)27(14-15-27)26(31)29-17-16-28(18-29)24-5-3-2-4-23(24)25(30)34-28/h2-13H,14-18H2,1H3/t28-/m0/s1. The molecule has 1 aliphatic carbocycles. The predicted octanol–water partition coefficient (Wildman–Crippen LogP) is 4.09. The number of esters is 1. The van der Waals surface area contributed by atoms with Gasteiger partial charge in [0.25, 0.3) is 0 Å². The highest BCUT2D eigenvalue weighted by Crippen LogP contribution is 2.52. The van der Waals surface area contributed by atoms with Crippen molar-refractivity contribution in [3.05, 3.63) is 89.5 Å². The Labute approximate surface area is 204 Å². The van der Waals surface area contributed by atoms with E-state index in [0.29, 0.717) is 30.0 Å². The zero-order chi connectivity index (χ0) is 24.4. The number of carbonyl (C=O) groups is 2. The summed E-state index contributed by atoms with van der Waals surface area (Å²) in [4.78, 5) is 28.2. The van der Waals surface area contributed by atoms with E-state index in [1.165, 1.54) is 6.26 Å². The lowest BCUT2D eigenvalue weighted by Crippen LogP contribution is -2.40. The molecule has 1 atom stereocenters. The molecule has 1 spiro atoms. The first-order valence-electron chi connectivity index (χ1n) is 11.8. The van der Waals surface area contributed by atoms with Crippen LogP contribution in [-0.2, 0) is 30.4 Å². The highest BCUT2D eigenvalue weighted by atomic mass is 32.2. The van der Waals surface area contributed by atoms with Crippen molar-refractivity contribution >= 4 is 21.7 Å². The van der Waals surface area contributed by atoms with E-state index in [-0.39, 0.29) is 11.9 Å². The third-order valence-electron chi connectivity index (χ3n) is 7.66. The van der Waals surface area contributed by atoms with Gasteiger partial charge in [-0.3, -0.25) is 4.79 Å². The molecule has 3 aromatic carbocycles. The van der Waals surface area contributed by atoms with Gasteiger partial charge in [0.2, 0.25) is 5.91 Å². The van der Waals surface area contributed by atoms with Gasteiger partial charge < -0.3 is 9.64 Å². The van der Waals surface area contributed by atoms with E-state index in [2.05, 4.69) is 0 Å². The van der Waals surface area contributed by atoms with Gasteiger partial charge in [-0.25, -0.2) is 13.2 Å². The van der Waals surface area contributed by atoms with Crippen molar-refractivity contribution in [3.8, 4) is 11.1 Å². The Morgan fingerprint density at radius 3 is 2.14 bits per heavy atom. The number of nitrogens with zero attached hydrogens (tertiary/aromatic N) is 1. The van der Waals surface area contributed by atoms with Gasteiger partial charge in [0.1, 0.15) is 0 Å². The SMILES string of the molecule is CS(=O)(=O)c1ccc(-c2ccc(C3(C(=O)N4CC[C@@]5(C4)OC(=O)c4ccccc45)CC3)cc2)cc1. The Morgan fingerprint density at radius 2 is 1.51 bits per heavy atom. The molecule has 0 N–H and O–H groups in total. The molecule has 0 aromatic heterocycles. The zero-order valence-corrected chi connectivity index (χ0v) is 20.2. The highest BCUT2D eigenvalue weighted by Gasteiger charge is 2.57. The molecule has 3 aromatic rings. The van der Waals surface area contributed by atoms with Gasteiger partial charge in [0.15, 0.2) is 15.4 Å². The molecule has 2 aliphatic heterocycles. The lowest BCUT2D eigenvalue weighted by molar-refractivity contribution is -0.134. The lowest BCUT2D eigenvalue weighted by atomic mass is 9.91. The summed E-state index contributed by atoms with van der Waals surface area (Å²) in [6.07, 6.45) is 3.41. The van der Waals surface area contributed by atoms with Gasteiger partial charge >= 0.3 is 5.97 Å². The van der Waals surface area contributed by atoms with Crippen LogP contribution in [0, 0.1) is 0 Å². The fourth-order valence-electron chi connectivity index (χ4n) is 5.53. The van der Waals surface area contributed by atoms with E-state index in [0.717, 1.165) is 35.1 Å². The Hall–Kier alpha value is -3.45. The Morgan fingerprint density at radius 1 is 0.886 bits per heavy atom. The topological polar surface area (TPSA) is 80.8 Å². The maximum Gasteiger partial charge on any atom is 0.339 e. The summed E-state index contributed by atoms with van der Waals surface area (Å²) in [5.74, 6) is -0.212. The number of ether oxygens (including phenoxy) is 1. The summed E-state index contributed by atoms with van der Waals surface area (Å²) in [6, 6.07) is 22.3. The fourth-order valence-corrected chi connectivity index (χ4v) is 6.16. The number of likely N-dealkylation sites (tertiary alicyclic amines) is 1. The summed E-state index contributed by atoms with van der Waals surface area (Å²) in [6.45, 7) is 0.952.